The quantitative estimate of drug-likeness (QED) is 0.311. The molecule has 0 aliphatic carbocycles. The normalized spacial score (nSPS) is 10.8. The van der Waals surface area contributed by atoms with Crippen molar-refractivity contribution in [2.24, 2.45) is 0 Å². The predicted octanol–water partition coefficient (Wildman–Crippen LogP) is 5.80. The highest BCUT2D eigenvalue weighted by atomic mass is 16.5. The lowest BCUT2D eigenvalue weighted by molar-refractivity contribution is 0.297. The molecule has 5 heteroatoms. The lowest BCUT2D eigenvalue weighted by atomic mass is 10.1. The van der Waals surface area contributed by atoms with Crippen molar-refractivity contribution in [2.45, 2.75) is 19.7 Å². The molecule has 0 amide bonds. The molecule has 2 heterocycles. The average Bonchev–Trinajstić information content (AvgIpc) is 3.34. The zero-order valence-electron chi connectivity index (χ0n) is 18.8. The molecule has 5 rings (SSSR count). The Morgan fingerprint density at radius 3 is 2.21 bits per heavy atom. The van der Waals surface area contributed by atoms with Gasteiger partial charge in [0.15, 0.2) is 0 Å². The second-order valence-corrected chi connectivity index (χ2v) is 7.97. The van der Waals surface area contributed by atoms with E-state index in [1.54, 1.807) is 6.20 Å². The van der Waals surface area contributed by atoms with Crippen LogP contribution in [0.15, 0.2) is 116 Å². The molecule has 168 valence electrons. The molecule has 0 spiro atoms. The van der Waals surface area contributed by atoms with E-state index < -0.39 is 0 Å². The van der Waals surface area contributed by atoms with Crippen molar-refractivity contribution >= 4 is 0 Å². The molecule has 0 saturated heterocycles. The molecule has 0 aliphatic heterocycles. The van der Waals surface area contributed by atoms with E-state index in [-0.39, 0.29) is 0 Å². The van der Waals surface area contributed by atoms with Gasteiger partial charge in [-0.15, -0.1) is 0 Å². The smallest absolute Gasteiger partial charge is 0.130 e. The Morgan fingerprint density at radius 1 is 0.706 bits per heavy atom. The Balaban J connectivity index is 1.31. The van der Waals surface area contributed by atoms with Crippen molar-refractivity contribution in [1.82, 2.24) is 20.1 Å². The Kier molecular flexibility index (Phi) is 6.74. The van der Waals surface area contributed by atoms with E-state index >= 15 is 0 Å². The van der Waals surface area contributed by atoms with Gasteiger partial charge in [-0.25, -0.2) is 4.68 Å². The second kappa shape index (κ2) is 10.6. The fraction of sp³-hybridized carbons (Fsp3) is 0.103. The number of aromatic nitrogens is 3. The van der Waals surface area contributed by atoms with E-state index in [1.807, 2.05) is 77.5 Å². The van der Waals surface area contributed by atoms with Crippen LogP contribution in [0.1, 0.15) is 16.8 Å². The summed E-state index contributed by atoms with van der Waals surface area (Å²) in [6.45, 7) is 1.81. The van der Waals surface area contributed by atoms with Gasteiger partial charge in [0.2, 0.25) is 0 Å². The zero-order chi connectivity index (χ0) is 23.0. The van der Waals surface area contributed by atoms with E-state index in [0.717, 1.165) is 39.5 Å². The maximum atomic E-state index is 6.06. The maximum absolute atomic E-state index is 6.06. The minimum atomic E-state index is 0.444. The largest absolute Gasteiger partial charge is 0.487 e. The lowest BCUT2D eigenvalue weighted by Gasteiger charge is -2.12. The van der Waals surface area contributed by atoms with Gasteiger partial charge in [0.25, 0.3) is 0 Å². The number of ether oxygens (including phenoxy) is 1. The van der Waals surface area contributed by atoms with E-state index in [1.165, 1.54) is 0 Å². The summed E-state index contributed by atoms with van der Waals surface area (Å²) in [5.74, 6) is 0.865. The highest BCUT2D eigenvalue weighted by Gasteiger charge is 2.12. The predicted molar refractivity (Wildman–Crippen MR) is 135 cm³/mol. The van der Waals surface area contributed by atoms with Gasteiger partial charge in [-0.2, -0.15) is 5.10 Å². The number of hydrogen-bond donors (Lipinski definition) is 1. The molecule has 0 radical (unpaired) electrons. The lowest BCUT2D eigenvalue weighted by Crippen LogP contribution is -2.14. The number of pyridine rings is 1. The van der Waals surface area contributed by atoms with Crippen LogP contribution >= 0.6 is 0 Å². The van der Waals surface area contributed by atoms with Crippen LogP contribution in [0, 0.1) is 0 Å². The highest BCUT2D eigenvalue weighted by molar-refractivity contribution is 5.63. The third kappa shape index (κ3) is 5.22. The summed E-state index contributed by atoms with van der Waals surface area (Å²) < 4.78 is 8.01. The van der Waals surface area contributed by atoms with Crippen LogP contribution < -0.4 is 10.1 Å². The molecule has 5 aromatic rings. The molecule has 0 atom stereocenters. The number of nitrogens with one attached hydrogen (secondary N) is 1. The summed E-state index contributed by atoms with van der Waals surface area (Å²) in [6, 6.07) is 34.5. The summed E-state index contributed by atoms with van der Waals surface area (Å²) in [7, 11) is 0. The Morgan fingerprint density at radius 2 is 1.41 bits per heavy atom. The van der Waals surface area contributed by atoms with Gasteiger partial charge < -0.3 is 10.1 Å². The van der Waals surface area contributed by atoms with E-state index in [9.17, 15) is 0 Å². The fourth-order valence-electron chi connectivity index (χ4n) is 3.85. The van der Waals surface area contributed by atoms with Crippen molar-refractivity contribution < 1.29 is 4.74 Å². The molecule has 3 aromatic carbocycles. The molecule has 1 N–H and O–H groups in total. The molecule has 0 aliphatic rings. The van der Waals surface area contributed by atoms with Crippen LogP contribution in [0.3, 0.4) is 0 Å². The average molecular weight is 447 g/mol. The summed E-state index contributed by atoms with van der Waals surface area (Å²) in [5.41, 5.74) is 6.28. The summed E-state index contributed by atoms with van der Waals surface area (Å²) in [6.07, 6.45) is 3.89. The zero-order valence-corrected chi connectivity index (χ0v) is 18.8. The minimum Gasteiger partial charge on any atom is -0.487 e. The van der Waals surface area contributed by atoms with Crippen molar-refractivity contribution in [1.29, 1.82) is 0 Å². The van der Waals surface area contributed by atoms with Gasteiger partial charge in [0.1, 0.15) is 12.4 Å². The maximum Gasteiger partial charge on any atom is 0.130 e. The fourth-order valence-corrected chi connectivity index (χ4v) is 3.85. The standard InChI is InChI=1S/C29H26N4O/c1-3-11-23(12-4-1)29-25(21-33(32-29)27-15-5-2-6-16-27)20-30-19-24-13-7-8-17-28(24)34-22-26-14-9-10-18-31-26/h1-18,21,30H,19-20,22H2. The van der Waals surface area contributed by atoms with E-state index in [2.05, 4.69) is 46.8 Å². The van der Waals surface area contributed by atoms with Crippen LogP contribution in [-0.2, 0) is 19.7 Å². The molecule has 0 unspecified atom stereocenters. The SMILES string of the molecule is c1ccc(-c2nn(-c3ccccc3)cc2CNCc2ccccc2OCc2ccccn2)cc1. The first-order valence-corrected chi connectivity index (χ1v) is 11.4. The minimum absolute atomic E-state index is 0.444. The van der Waals surface area contributed by atoms with Gasteiger partial charge >= 0.3 is 0 Å². The monoisotopic (exact) mass is 446 g/mol. The van der Waals surface area contributed by atoms with Gasteiger partial charge in [0.05, 0.1) is 17.1 Å². The summed E-state index contributed by atoms with van der Waals surface area (Å²) >= 11 is 0. The van der Waals surface area contributed by atoms with Crippen molar-refractivity contribution in [3.8, 4) is 22.7 Å². The van der Waals surface area contributed by atoms with Gasteiger partial charge in [-0.05, 0) is 30.3 Å². The van der Waals surface area contributed by atoms with Crippen molar-refractivity contribution in [3.05, 3.63) is 132 Å². The molecule has 0 fully saturated rings. The van der Waals surface area contributed by atoms with Crippen molar-refractivity contribution in [2.75, 3.05) is 0 Å². The van der Waals surface area contributed by atoms with Crippen molar-refractivity contribution in [3.63, 3.8) is 0 Å². The summed E-state index contributed by atoms with van der Waals surface area (Å²) in [4.78, 5) is 4.34. The number of para-hydroxylation sites is 2. The third-order valence-corrected chi connectivity index (χ3v) is 5.56. The van der Waals surface area contributed by atoms with Crippen LogP contribution in [-0.4, -0.2) is 14.8 Å². The molecular weight excluding hydrogens is 420 g/mol. The molecule has 2 aromatic heterocycles. The Bertz CT molecular complexity index is 1320. The van der Waals surface area contributed by atoms with Crippen LogP contribution in [0.2, 0.25) is 0 Å². The third-order valence-electron chi connectivity index (χ3n) is 5.56. The molecule has 0 saturated carbocycles. The van der Waals surface area contributed by atoms with Gasteiger partial charge in [-0.1, -0.05) is 72.8 Å². The number of benzene rings is 3. The first-order valence-electron chi connectivity index (χ1n) is 11.4. The van der Waals surface area contributed by atoms with Gasteiger partial charge in [-0.3, -0.25) is 4.98 Å². The van der Waals surface area contributed by atoms with E-state index in [4.69, 9.17) is 9.84 Å². The second-order valence-electron chi connectivity index (χ2n) is 7.97. The van der Waals surface area contributed by atoms with Crippen LogP contribution in [0.5, 0.6) is 5.75 Å². The first kappa shape index (κ1) is 21.6. The highest BCUT2D eigenvalue weighted by Crippen LogP contribution is 2.24. The van der Waals surface area contributed by atoms with E-state index in [0.29, 0.717) is 19.7 Å². The van der Waals surface area contributed by atoms with Crippen LogP contribution in [0.25, 0.3) is 16.9 Å². The number of nitrogens with zero attached hydrogens (tertiary/aromatic N) is 3. The Labute approximate surface area is 199 Å². The summed E-state index contributed by atoms with van der Waals surface area (Å²) in [5, 5.41) is 8.48. The van der Waals surface area contributed by atoms with Gasteiger partial charge in [0, 0.05) is 42.2 Å². The van der Waals surface area contributed by atoms with Crippen LogP contribution in [0.4, 0.5) is 0 Å². The first-order chi connectivity index (χ1) is 16.9. The molecule has 0 bridgehead atoms. The molecule has 5 nitrogen and oxygen atoms in total. The number of hydrogen-bond acceptors (Lipinski definition) is 4. The Hall–Kier alpha value is -4.22. The molecular formula is C29H26N4O. The topological polar surface area (TPSA) is 52.0 Å². The molecule has 34 heavy (non-hydrogen) atoms. The number of rotatable bonds is 9.